The second-order valence-corrected chi connectivity index (χ2v) is 8.02. The molecule has 0 amide bonds. The van der Waals surface area contributed by atoms with Crippen molar-refractivity contribution in [1.82, 2.24) is 5.32 Å². The van der Waals surface area contributed by atoms with E-state index in [1.165, 1.54) is 31.3 Å². The Kier molecular flexibility index (Phi) is 6.52. The monoisotopic (exact) mass is 317 g/mol. The van der Waals surface area contributed by atoms with Crippen molar-refractivity contribution >= 4 is 0 Å². The summed E-state index contributed by atoms with van der Waals surface area (Å²) in [4.78, 5) is 0. The zero-order chi connectivity index (χ0) is 16.9. The molecule has 0 aromatic heterocycles. The highest BCUT2D eigenvalue weighted by atomic mass is 16.5. The van der Waals surface area contributed by atoms with E-state index in [-0.39, 0.29) is 0 Å². The van der Waals surface area contributed by atoms with Crippen LogP contribution in [-0.2, 0) is 4.74 Å². The molecule has 0 saturated heterocycles. The molecule has 0 aromatic rings. The van der Waals surface area contributed by atoms with Crippen LogP contribution in [0.2, 0.25) is 0 Å². The van der Waals surface area contributed by atoms with Gasteiger partial charge in [0.25, 0.3) is 0 Å². The molecule has 0 aromatic carbocycles. The molecule has 2 aliphatic rings. The molecule has 2 aliphatic carbocycles. The van der Waals surface area contributed by atoms with Crippen molar-refractivity contribution < 1.29 is 4.74 Å². The number of hydrogen-bond acceptors (Lipinski definition) is 2. The van der Waals surface area contributed by atoms with Crippen molar-refractivity contribution in [2.24, 2.45) is 11.3 Å². The van der Waals surface area contributed by atoms with Gasteiger partial charge >= 0.3 is 0 Å². The van der Waals surface area contributed by atoms with Gasteiger partial charge in [0.1, 0.15) is 5.76 Å². The fourth-order valence-corrected chi connectivity index (χ4v) is 3.68. The van der Waals surface area contributed by atoms with Crippen LogP contribution in [0.5, 0.6) is 0 Å². The largest absolute Gasteiger partial charge is 0.491 e. The molecule has 0 radical (unpaired) electrons. The maximum atomic E-state index is 6.31. The first-order chi connectivity index (χ1) is 10.9. The highest BCUT2D eigenvalue weighted by Crippen LogP contribution is 2.39. The van der Waals surface area contributed by atoms with Crippen LogP contribution >= 0.6 is 0 Å². The van der Waals surface area contributed by atoms with E-state index in [1.807, 2.05) is 0 Å². The summed E-state index contributed by atoms with van der Waals surface area (Å²) < 4.78 is 6.31. The number of allylic oxidation sites excluding steroid dienone is 2. The average Bonchev–Trinajstić information content (AvgIpc) is 2.87. The summed E-state index contributed by atoms with van der Waals surface area (Å²) >= 11 is 0. The summed E-state index contributed by atoms with van der Waals surface area (Å²) in [5.74, 6) is 1.90. The van der Waals surface area contributed by atoms with E-state index in [2.05, 4.69) is 64.2 Å². The molecule has 1 unspecified atom stereocenters. The van der Waals surface area contributed by atoms with Crippen molar-refractivity contribution in [2.45, 2.75) is 78.9 Å². The van der Waals surface area contributed by atoms with Crippen LogP contribution < -0.4 is 5.32 Å². The standard InChI is InChI=1S/C21H35NO/c1-6-8-9-16-14-19(15-20(16)22-7-2)23-18-12-10-17(11-13-18)21(3,4)5/h8-9,14-15,17-18,20,22H,6-7,10-13H2,1-5H3/b9-8-. The van der Waals surface area contributed by atoms with Crippen molar-refractivity contribution in [3.05, 3.63) is 35.6 Å². The highest BCUT2D eigenvalue weighted by molar-refractivity contribution is 5.42. The van der Waals surface area contributed by atoms with Crippen LogP contribution in [-0.4, -0.2) is 18.7 Å². The predicted octanol–water partition coefficient (Wildman–Crippen LogP) is 5.38. The van der Waals surface area contributed by atoms with Crippen molar-refractivity contribution in [2.75, 3.05) is 6.54 Å². The Bertz CT molecular complexity index is 459. The molecule has 0 spiro atoms. The Labute approximate surface area is 143 Å². The maximum absolute atomic E-state index is 6.31. The Hall–Kier alpha value is -1.02. The molecule has 0 heterocycles. The molecular weight excluding hydrogens is 282 g/mol. The number of ether oxygens (including phenoxy) is 1. The third-order valence-electron chi connectivity index (χ3n) is 5.17. The van der Waals surface area contributed by atoms with Crippen LogP contribution in [0.3, 0.4) is 0 Å². The quantitative estimate of drug-likeness (QED) is 0.710. The number of likely N-dealkylation sites (N-methyl/N-ethyl adjacent to an activating group) is 1. The van der Waals surface area contributed by atoms with Crippen LogP contribution in [0.25, 0.3) is 0 Å². The molecule has 0 bridgehead atoms. The molecule has 23 heavy (non-hydrogen) atoms. The van der Waals surface area contributed by atoms with Crippen molar-refractivity contribution in [3.8, 4) is 0 Å². The lowest BCUT2D eigenvalue weighted by Crippen LogP contribution is -2.29. The van der Waals surface area contributed by atoms with Crippen LogP contribution in [0, 0.1) is 11.3 Å². The fourth-order valence-electron chi connectivity index (χ4n) is 3.68. The second-order valence-electron chi connectivity index (χ2n) is 8.02. The summed E-state index contributed by atoms with van der Waals surface area (Å²) in [5.41, 5.74) is 1.76. The summed E-state index contributed by atoms with van der Waals surface area (Å²) in [7, 11) is 0. The van der Waals surface area contributed by atoms with Gasteiger partial charge in [0.15, 0.2) is 0 Å². The summed E-state index contributed by atoms with van der Waals surface area (Å²) in [6.07, 6.45) is 15.4. The van der Waals surface area contributed by atoms with Crippen LogP contribution in [0.1, 0.15) is 66.7 Å². The van der Waals surface area contributed by atoms with E-state index in [4.69, 9.17) is 4.74 Å². The molecule has 130 valence electrons. The average molecular weight is 318 g/mol. The van der Waals surface area contributed by atoms with E-state index in [0.29, 0.717) is 17.6 Å². The minimum Gasteiger partial charge on any atom is -0.491 e. The Morgan fingerprint density at radius 1 is 1.17 bits per heavy atom. The van der Waals surface area contributed by atoms with Gasteiger partial charge in [-0.3, -0.25) is 0 Å². The molecule has 2 nitrogen and oxygen atoms in total. The Morgan fingerprint density at radius 3 is 2.43 bits per heavy atom. The minimum atomic E-state index is 0.309. The highest BCUT2D eigenvalue weighted by Gasteiger charge is 2.31. The van der Waals surface area contributed by atoms with Crippen LogP contribution in [0.15, 0.2) is 35.6 Å². The summed E-state index contributed by atoms with van der Waals surface area (Å²) in [5, 5.41) is 3.52. The van der Waals surface area contributed by atoms with Gasteiger partial charge in [-0.25, -0.2) is 0 Å². The van der Waals surface area contributed by atoms with E-state index < -0.39 is 0 Å². The van der Waals surface area contributed by atoms with E-state index >= 15 is 0 Å². The lowest BCUT2D eigenvalue weighted by atomic mass is 9.72. The van der Waals surface area contributed by atoms with Gasteiger partial charge in [-0.15, -0.1) is 0 Å². The van der Waals surface area contributed by atoms with Crippen molar-refractivity contribution in [1.29, 1.82) is 0 Å². The first kappa shape index (κ1) is 18.3. The SMILES string of the molecule is CC/C=C\C1=CC(OC2CCC(C(C)(C)C)CC2)=CC1NCC. The van der Waals surface area contributed by atoms with Gasteiger partial charge in [0.2, 0.25) is 0 Å². The minimum absolute atomic E-state index is 0.309. The van der Waals surface area contributed by atoms with Gasteiger partial charge in [-0.05, 0) is 67.7 Å². The molecule has 2 heteroatoms. The lowest BCUT2D eigenvalue weighted by molar-refractivity contribution is 0.0489. The van der Waals surface area contributed by atoms with E-state index in [1.54, 1.807) is 0 Å². The first-order valence-corrected chi connectivity index (χ1v) is 9.44. The maximum Gasteiger partial charge on any atom is 0.117 e. The molecule has 1 atom stereocenters. The molecule has 0 aliphatic heterocycles. The number of hydrogen-bond donors (Lipinski definition) is 1. The molecule has 1 saturated carbocycles. The predicted molar refractivity (Wildman–Crippen MR) is 99.3 cm³/mol. The molecule has 2 rings (SSSR count). The normalized spacial score (nSPS) is 28.8. The molecule has 1 N–H and O–H groups in total. The van der Waals surface area contributed by atoms with Crippen molar-refractivity contribution in [3.63, 3.8) is 0 Å². The zero-order valence-corrected chi connectivity index (χ0v) is 15.7. The van der Waals surface area contributed by atoms with Gasteiger partial charge < -0.3 is 10.1 Å². The molecule has 1 fully saturated rings. The first-order valence-electron chi connectivity index (χ1n) is 9.44. The van der Waals surface area contributed by atoms with Gasteiger partial charge in [-0.1, -0.05) is 46.8 Å². The second kappa shape index (κ2) is 8.19. The van der Waals surface area contributed by atoms with Gasteiger partial charge in [-0.2, -0.15) is 0 Å². The topological polar surface area (TPSA) is 21.3 Å². The van der Waals surface area contributed by atoms with Gasteiger partial charge in [0.05, 0.1) is 12.1 Å². The van der Waals surface area contributed by atoms with E-state index in [9.17, 15) is 0 Å². The van der Waals surface area contributed by atoms with E-state index in [0.717, 1.165) is 24.6 Å². The molecular formula is C21H35NO. The summed E-state index contributed by atoms with van der Waals surface area (Å²) in [6, 6.07) is 0.309. The number of nitrogens with one attached hydrogen (secondary N) is 1. The van der Waals surface area contributed by atoms with Gasteiger partial charge in [0, 0.05) is 0 Å². The zero-order valence-electron chi connectivity index (χ0n) is 15.7. The third-order valence-corrected chi connectivity index (χ3v) is 5.17. The number of rotatable bonds is 6. The van der Waals surface area contributed by atoms with Crippen LogP contribution in [0.4, 0.5) is 0 Å². The Balaban J connectivity index is 1.91. The lowest BCUT2D eigenvalue weighted by Gasteiger charge is -2.37. The third kappa shape index (κ3) is 5.24. The Morgan fingerprint density at radius 2 is 1.87 bits per heavy atom. The fraction of sp³-hybridized carbons (Fsp3) is 0.714. The summed E-state index contributed by atoms with van der Waals surface area (Å²) in [6.45, 7) is 12.4. The smallest absolute Gasteiger partial charge is 0.117 e.